The van der Waals surface area contributed by atoms with Gasteiger partial charge in [0.2, 0.25) is 5.91 Å². The fraction of sp³-hybridized carbons (Fsp3) is 0.211. The molecule has 0 aliphatic carbocycles. The van der Waals surface area contributed by atoms with Crippen LogP contribution in [0.1, 0.15) is 11.1 Å². The standard InChI is InChI=1S/C19H19N3O3S/c1-24-16-9-7-14(8-10-16)12-22-18(23)13-26-19(22)21-20-11-15-5-3-4-6-17(15)25-2/h3-11H,12-13H2,1-2H3. The molecule has 6 nitrogen and oxygen atoms in total. The molecule has 134 valence electrons. The number of ether oxygens (including phenoxy) is 2. The molecule has 1 saturated heterocycles. The Morgan fingerprint density at radius 2 is 1.88 bits per heavy atom. The Balaban J connectivity index is 1.74. The first kappa shape index (κ1) is 18.0. The number of carbonyl (C=O) groups is 1. The third kappa shape index (κ3) is 4.23. The van der Waals surface area contributed by atoms with Gasteiger partial charge in [-0.1, -0.05) is 36.0 Å². The summed E-state index contributed by atoms with van der Waals surface area (Å²) in [6, 6.07) is 15.2. The Morgan fingerprint density at radius 3 is 2.62 bits per heavy atom. The molecule has 0 radical (unpaired) electrons. The van der Waals surface area contributed by atoms with E-state index in [9.17, 15) is 4.79 Å². The van der Waals surface area contributed by atoms with Crippen LogP contribution < -0.4 is 9.47 Å². The van der Waals surface area contributed by atoms with Gasteiger partial charge in [-0.25, -0.2) is 0 Å². The Hall–Kier alpha value is -2.80. The minimum absolute atomic E-state index is 0.0251. The Labute approximate surface area is 156 Å². The Bertz CT molecular complexity index is 834. The van der Waals surface area contributed by atoms with Crippen molar-refractivity contribution in [1.82, 2.24) is 4.90 Å². The quantitative estimate of drug-likeness (QED) is 0.580. The van der Waals surface area contributed by atoms with Gasteiger partial charge in [0, 0.05) is 5.56 Å². The van der Waals surface area contributed by atoms with Gasteiger partial charge in [-0.2, -0.15) is 5.10 Å². The summed E-state index contributed by atoms with van der Waals surface area (Å²) in [6.45, 7) is 0.457. The molecule has 0 aromatic heterocycles. The number of amides is 1. The van der Waals surface area contributed by atoms with Crippen LogP contribution in [0.25, 0.3) is 0 Å². The maximum Gasteiger partial charge on any atom is 0.239 e. The highest BCUT2D eigenvalue weighted by Gasteiger charge is 2.28. The molecular weight excluding hydrogens is 350 g/mol. The van der Waals surface area contributed by atoms with Crippen LogP contribution in [0.3, 0.4) is 0 Å². The Kier molecular flexibility index (Phi) is 5.91. The van der Waals surface area contributed by atoms with Crippen LogP contribution in [0.4, 0.5) is 0 Å². The van der Waals surface area contributed by atoms with E-state index in [1.54, 1.807) is 25.3 Å². The monoisotopic (exact) mass is 369 g/mol. The number of carbonyl (C=O) groups excluding carboxylic acids is 1. The SMILES string of the molecule is COc1ccc(CN2C(=O)CSC2=NN=Cc2ccccc2OC)cc1. The number of nitrogens with zero attached hydrogens (tertiary/aromatic N) is 3. The number of methoxy groups -OCH3 is 2. The molecule has 1 aliphatic rings. The predicted molar refractivity (Wildman–Crippen MR) is 104 cm³/mol. The van der Waals surface area contributed by atoms with Crippen LogP contribution in [0, 0.1) is 0 Å². The van der Waals surface area contributed by atoms with Crippen LogP contribution in [0.5, 0.6) is 11.5 Å². The van der Waals surface area contributed by atoms with E-state index in [1.807, 2.05) is 48.5 Å². The summed E-state index contributed by atoms with van der Waals surface area (Å²) in [7, 11) is 3.24. The van der Waals surface area contributed by atoms with Crippen molar-refractivity contribution in [1.29, 1.82) is 0 Å². The van der Waals surface area contributed by atoms with Gasteiger partial charge in [0.25, 0.3) is 0 Å². The van der Waals surface area contributed by atoms with Crippen LogP contribution in [-0.4, -0.2) is 42.2 Å². The van der Waals surface area contributed by atoms with Gasteiger partial charge in [0.05, 0.1) is 32.7 Å². The predicted octanol–water partition coefficient (Wildman–Crippen LogP) is 3.17. The van der Waals surface area contributed by atoms with Crippen LogP contribution in [-0.2, 0) is 11.3 Å². The minimum atomic E-state index is 0.0251. The maximum absolute atomic E-state index is 12.2. The molecular formula is C19H19N3O3S. The number of benzene rings is 2. The fourth-order valence-electron chi connectivity index (χ4n) is 2.45. The van der Waals surface area contributed by atoms with Crippen LogP contribution in [0.2, 0.25) is 0 Å². The lowest BCUT2D eigenvalue weighted by molar-refractivity contribution is -0.124. The average molecular weight is 369 g/mol. The molecule has 1 heterocycles. The molecule has 0 saturated carbocycles. The third-order valence-corrected chi connectivity index (χ3v) is 4.79. The second kappa shape index (κ2) is 8.53. The lowest BCUT2D eigenvalue weighted by Crippen LogP contribution is -2.28. The van der Waals surface area contributed by atoms with Crippen molar-refractivity contribution in [3.05, 3.63) is 59.7 Å². The fourth-order valence-corrected chi connectivity index (χ4v) is 3.29. The van der Waals surface area contributed by atoms with Crippen molar-refractivity contribution in [2.45, 2.75) is 6.54 Å². The van der Waals surface area contributed by atoms with Crippen molar-refractivity contribution >= 4 is 29.1 Å². The van der Waals surface area contributed by atoms with E-state index in [2.05, 4.69) is 10.2 Å². The van der Waals surface area contributed by atoms with Gasteiger partial charge in [0.15, 0.2) is 5.17 Å². The largest absolute Gasteiger partial charge is 0.497 e. The lowest BCUT2D eigenvalue weighted by Gasteiger charge is -2.15. The highest BCUT2D eigenvalue weighted by Crippen LogP contribution is 2.23. The summed E-state index contributed by atoms with van der Waals surface area (Å²) in [4.78, 5) is 13.8. The maximum atomic E-state index is 12.2. The zero-order valence-electron chi connectivity index (χ0n) is 14.6. The molecule has 0 unspecified atom stereocenters. The zero-order chi connectivity index (χ0) is 18.4. The van der Waals surface area contributed by atoms with Gasteiger partial charge in [-0.15, -0.1) is 5.10 Å². The van der Waals surface area contributed by atoms with Crippen molar-refractivity contribution in [2.75, 3.05) is 20.0 Å². The van der Waals surface area contributed by atoms with E-state index in [4.69, 9.17) is 9.47 Å². The average Bonchev–Trinajstić information content (AvgIpc) is 3.02. The summed E-state index contributed by atoms with van der Waals surface area (Å²) in [5.41, 5.74) is 1.83. The third-order valence-electron chi connectivity index (χ3n) is 3.84. The van der Waals surface area contributed by atoms with Gasteiger partial charge >= 0.3 is 0 Å². The first-order valence-corrected chi connectivity index (χ1v) is 9.00. The smallest absolute Gasteiger partial charge is 0.239 e. The lowest BCUT2D eigenvalue weighted by atomic mass is 10.2. The van der Waals surface area contributed by atoms with Crippen LogP contribution >= 0.6 is 11.8 Å². The summed E-state index contributed by atoms with van der Waals surface area (Å²) in [5.74, 6) is 1.91. The number of thioether (sulfide) groups is 1. The van der Waals surface area contributed by atoms with Crippen LogP contribution in [0.15, 0.2) is 58.7 Å². The van der Waals surface area contributed by atoms with Crippen molar-refractivity contribution < 1.29 is 14.3 Å². The molecule has 26 heavy (non-hydrogen) atoms. The molecule has 0 N–H and O–H groups in total. The summed E-state index contributed by atoms with van der Waals surface area (Å²) < 4.78 is 10.4. The van der Waals surface area contributed by atoms with E-state index >= 15 is 0 Å². The van der Waals surface area contributed by atoms with Gasteiger partial charge < -0.3 is 9.47 Å². The molecule has 2 aromatic rings. The van der Waals surface area contributed by atoms with E-state index in [0.717, 1.165) is 22.6 Å². The molecule has 1 aliphatic heterocycles. The molecule has 0 atom stereocenters. The molecule has 3 rings (SSSR count). The first-order chi connectivity index (χ1) is 12.7. The normalized spacial score (nSPS) is 15.8. The zero-order valence-corrected chi connectivity index (χ0v) is 15.4. The highest BCUT2D eigenvalue weighted by molar-refractivity contribution is 8.15. The van der Waals surface area contributed by atoms with E-state index in [0.29, 0.717) is 17.5 Å². The topological polar surface area (TPSA) is 63.5 Å². The molecule has 0 spiro atoms. The highest BCUT2D eigenvalue weighted by atomic mass is 32.2. The summed E-state index contributed by atoms with van der Waals surface area (Å²) in [5, 5.41) is 8.96. The first-order valence-electron chi connectivity index (χ1n) is 8.01. The van der Waals surface area contributed by atoms with Gasteiger partial charge in [0.1, 0.15) is 11.5 Å². The second-order valence-corrected chi connectivity index (χ2v) is 6.43. The van der Waals surface area contributed by atoms with Crippen molar-refractivity contribution in [2.24, 2.45) is 10.2 Å². The molecule has 2 aromatic carbocycles. The number of para-hydroxylation sites is 1. The van der Waals surface area contributed by atoms with Gasteiger partial charge in [-0.05, 0) is 29.8 Å². The number of rotatable bonds is 6. The summed E-state index contributed by atoms with van der Waals surface area (Å²) in [6.07, 6.45) is 1.63. The molecule has 7 heteroatoms. The van der Waals surface area contributed by atoms with E-state index in [-0.39, 0.29) is 5.91 Å². The molecule has 1 fully saturated rings. The molecule has 0 bridgehead atoms. The number of amidine groups is 1. The number of hydrogen-bond acceptors (Lipinski definition) is 6. The minimum Gasteiger partial charge on any atom is -0.497 e. The Morgan fingerprint density at radius 1 is 1.12 bits per heavy atom. The van der Waals surface area contributed by atoms with Gasteiger partial charge in [-0.3, -0.25) is 9.69 Å². The second-order valence-electron chi connectivity index (χ2n) is 5.49. The number of hydrogen-bond donors (Lipinski definition) is 0. The van der Waals surface area contributed by atoms with Crippen molar-refractivity contribution in [3.8, 4) is 11.5 Å². The van der Waals surface area contributed by atoms with E-state index < -0.39 is 0 Å². The van der Waals surface area contributed by atoms with Crippen molar-refractivity contribution in [3.63, 3.8) is 0 Å². The molecule has 1 amide bonds. The van der Waals surface area contributed by atoms with E-state index in [1.165, 1.54) is 11.8 Å². The summed E-state index contributed by atoms with van der Waals surface area (Å²) >= 11 is 1.39.